The van der Waals surface area contributed by atoms with Gasteiger partial charge in [0.2, 0.25) is 5.91 Å². The van der Waals surface area contributed by atoms with Gasteiger partial charge in [-0.25, -0.2) is 0 Å². The van der Waals surface area contributed by atoms with E-state index in [0.29, 0.717) is 18.4 Å². The zero-order valence-electron chi connectivity index (χ0n) is 11.1. The van der Waals surface area contributed by atoms with Gasteiger partial charge in [0.15, 0.2) is 0 Å². The number of hydrogen-bond acceptors (Lipinski definition) is 1. The van der Waals surface area contributed by atoms with E-state index in [-0.39, 0.29) is 5.91 Å². The van der Waals surface area contributed by atoms with Crippen LogP contribution in [0.4, 0.5) is 0 Å². The molecule has 0 radical (unpaired) electrons. The van der Waals surface area contributed by atoms with Crippen LogP contribution in [0.25, 0.3) is 0 Å². The van der Waals surface area contributed by atoms with Gasteiger partial charge >= 0.3 is 0 Å². The molecule has 1 rings (SSSR count). The Balaban J connectivity index is 2.18. The second-order valence-corrected chi connectivity index (χ2v) is 5.62. The van der Waals surface area contributed by atoms with Gasteiger partial charge in [0.25, 0.3) is 0 Å². The van der Waals surface area contributed by atoms with Gasteiger partial charge in [0.05, 0.1) is 0 Å². The molecule has 2 heteroatoms. The van der Waals surface area contributed by atoms with E-state index in [2.05, 4.69) is 26.1 Å². The lowest BCUT2D eigenvalue weighted by atomic mass is 9.87. The molecule has 0 aromatic carbocycles. The van der Waals surface area contributed by atoms with Crippen molar-refractivity contribution < 1.29 is 4.79 Å². The molecule has 0 saturated heterocycles. The van der Waals surface area contributed by atoms with Crippen LogP contribution < -0.4 is 5.32 Å². The van der Waals surface area contributed by atoms with E-state index in [1.54, 1.807) is 0 Å². The number of amides is 1. The summed E-state index contributed by atoms with van der Waals surface area (Å²) in [5, 5.41) is 3.19. The van der Waals surface area contributed by atoms with Crippen molar-refractivity contribution in [1.82, 2.24) is 5.32 Å². The Kier molecular flexibility index (Phi) is 5.86. The fourth-order valence-electron chi connectivity index (χ4n) is 2.60. The van der Waals surface area contributed by atoms with Crippen molar-refractivity contribution in [2.45, 2.75) is 71.8 Å². The van der Waals surface area contributed by atoms with Gasteiger partial charge in [-0.2, -0.15) is 0 Å². The van der Waals surface area contributed by atoms with Crippen molar-refractivity contribution in [1.29, 1.82) is 0 Å². The van der Waals surface area contributed by atoms with E-state index in [4.69, 9.17) is 0 Å². The molecule has 0 bridgehead atoms. The molecular weight excluding hydrogens is 198 g/mol. The van der Waals surface area contributed by atoms with Crippen molar-refractivity contribution in [2.24, 2.45) is 11.8 Å². The van der Waals surface area contributed by atoms with Gasteiger partial charge in [-0.3, -0.25) is 4.79 Å². The zero-order valence-corrected chi connectivity index (χ0v) is 11.1. The normalized spacial score (nSPS) is 27.4. The summed E-state index contributed by atoms with van der Waals surface area (Å²) in [6.45, 7) is 6.66. The summed E-state index contributed by atoms with van der Waals surface area (Å²) < 4.78 is 0. The smallest absolute Gasteiger partial charge is 0.220 e. The average Bonchev–Trinajstić information content (AvgIpc) is 2.21. The summed E-state index contributed by atoms with van der Waals surface area (Å²) in [6, 6.07) is 0.456. The molecule has 1 fully saturated rings. The van der Waals surface area contributed by atoms with Crippen molar-refractivity contribution in [3.05, 3.63) is 0 Å². The minimum atomic E-state index is 0.264. The highest BCUT2D eigenvalue weighted by Crippen LogP contribution is 2.23. The highest BCUT2D eigenvalue weighted by molar-refractivity contribution is 5.76. The first-order chi connectivity index (χ1) is 7.61. The van der Waals surface area contributed by atoms with Crippen LogP contribution in [0.3, 0.4) is 0 Å². The molecule has 1 saturated carbocycles. The Morgan fingerprint density at radius 2 is 1.94 bits per heavy atom. The first kappa shape index (κ1) is 13.5. The first-order valence-electron chi connectivity index (χ1n) is 6.91. The lowest BCUT2D eigenvalue weighted by Gasteiger charge is -2.27. The highest BCUT2D eigenvalue weighted by Gasteiger charge is 2.20. The molecule has 1 aliphatic carbocycles. The third kappa shape index (κ3) is 5.00. The molecule has 0 aromatic heterocycles. The lowest BCUT2D eigenvalue weighted by Crippen LogP contribution is -2.37. The molecule has 1 atom stereocenters. The second kappa shape index (κ2) is 6.93. The van der Waals surface area contributed by atoms with Crippen LogP contribution >= 0.6 is 0 Å². The van der Waals surface area contributed by atoms with Crippen LogP contribution in [0.1, 0.15) is 65.7 Å². The van der Waals surface area contributed by atoms with Crippen LogP contribution in [0.5, 0.6) is 0 Å². The monoisotopic (exact) mass is 225 g/mol. The summed E-state index contributed by atoms with van der Waals surface area (Å²) in [5.74, 6) is 1.65. The van der Waals surface area contributed by atoms with Crippen LogP contribution in [-0.4, -0.2) is 11.9 Å². The zero-order chi connectivity index (χ0) is 12.0. The standard InChI is InChI=1S/C14H27NO/c1-4-5-12(3)10-14(16)15-13-8-6-11(2)7-9-13/h11-13H,4-10H2,1-3H3,(H,15,16)/t11?,12-,13?/m1/s1. The Bertz CT molecular complexity index is 207. The molecule has 16 heavy (non-hydrogen) atoms. The number of nitrogens with one attached hydrogen (secondary N) is 1. The highest BCUT2D eigenvalue weighted by atomic mass is 16.1. The third-order valence-corrected chi connectivity index (χ3v) is 3.70. The number of rotatable bonds is 5. The van der Waals surface area contributed by atoms with Gasteiger partial charge < -0.3 is 5.32 Å². The molecule has 0 aliphatic heterocycles. The Morgan fingerprint density at radius 1 is 1.31 bits per heavy atom. The van der Waals surface area contributed by atoms with E-state index in [9.17, 15) is 4.79 Å². The fraction of sp³-hybridized carbons (Fsp3) is 0.929. The lowest BCUT2D eigenvalue weighted by molar-refractivity contribution is -0.122. The number of hydrogen-bond donors (Lipinski definition) is 1. The molecule has 1 aliphatic rings. The predicted octanol–water partition coefficient (Wildman–Crippen LogP) is 3.51. The van der Waals surface area contributed by atoms with Gasteiger partial charge in [-0.15, -0.1) is 0 Å². The maximum absolute atomic E-state index is 11.8. The second-order valence-electron chi connectivity index (χ2n) is 5.62. The van der Waals surface area contributed by atoms with Gasteiger partial charge in [-0.1, -0.05) is 33.6 Å². The number of carbonyl (C=O) groups is 1. The Hall–Kier alpha value is -0.530. The Labute approximate surface area is 100 Å². The summed E-state index contributed by atoms with van der Waals surface area (Å²) in [6.07, 6.45) is 7.94. The minimum absolute atomic E-state index is 0.264. The third-order valence-electron chi connectivity index (χ3n) is 3.70. The van der Waals surface area contributed by atoms with E-state index < -0.39 is 0 Å². The predicted molar refractivity (Wildman–Crippen MR) is 68.3 cm³/mol. The van der Waals surface area contributed by atoms with Crippen LogP contribution in [0, 0.1) is 11.8 Å². The molecule has 0 aromatic rings. The molecular formula is C14H27NO. The van der Waals surface area contributed by atoms with E-state index in [0.717, 1.165) is 12.3 Å². The first-order valence-corrected chi connectivity index (χ1v) is 6.91. The summed E-state index contributed by atoms with van der Waals surface area (Å²) in [5.41, 5.74) is 0. The summed E-state index contributed by atoms with van der Waals surface area (Å²) in [4.78, 5) is 11.8. The number of carbonyl (C=O) groups excluding carboxylic acids is 1. The SMILES string of the molecule is CCC[C@@H](C)CC(=O)NC1CCC(C)CC1. The largest absolute Gasteiger partial charge is 0.353 e. The van der Waals surface area contributed by atoms with Crippen molar-refractivity contribution in [2.75, 3.05) is 0 Å². The van der Waals surface area contributed by atoms with Gasteiger partial charge in [-0.05, 0) is 37.5 Å². The van der Waals surface area contributed by atoms with Gasteiger partial charge in [0, 0.05) is 12.5 Å². The van der Waals surface area contributed by atoms with Gasteiger partial charge in [0.1, 0.15) is 0 Å². The van der Waals surface area contributed by atoms with Crippen molar-refractivity contribution >= 4 is 5.91 Å². The topological polar surface area (TPSA) is 29.1 Å². The maximum Gasteiger partial charge on any atom is 0.220 e. The van der Waals surface area contributed by atoms with Crippen molar-refractivity contribution in [3.8, 4) is 0 Å². The van der Waals surface area contributed by atoms with Crippen molar-refractivity contribution in [3.63, 3.8) is 0 Å². The molecule has 0 spiro atoms. The Morgan fingerprint density at radius 3 is 2.50 bits per heavy atom. The molecule has 94 valence electrons. The fourth-order valence-corrected chi connectivity index (χ4v) is 2.60. The van der Waals surface area contributed by atoms with E-state index in [1.165, 1.54) is 32.1 Å². The molecule has 0 heterocycles. The van der Waals surface area contributed by atoms with Crippen LogP contribution in [0.15, 0.2) is 0 Å². The van der Waals surface area contributed by atoms with Crippen LogP contribution in [0.2, 0.25) is 0 Å². The van der Waals surface area contributed by atoms with Crippen LogP contribution in [-0.2, 0) is 4.79 Å². The summed E-state index contributed by atoms with van der Waals surface area (Å²) >= 11 is 0. The maximum atomic E-state index is 11.8. The molecule has 0 unspecified atom stereocenters. The molecule has 2 nitrogen and oxygen atoms in total. The van der Waals surface area contributed by atoms with E-state index >= 15 is 0 Å². The molecule has 1 amide bonds. The van der Waals surface area contributed by atoms with E-state index in [1.807, 2.05) is 0 Å². The molecule has 1 N–H and O–H groups in total. The average molecular weight is 225 g/mol. The summed E-state index contributed by atoms with van der Waals surface area (Å²) in [7, 11) is 0. The minimum Gasteiger partial charge on any atom is -0.353 e. The quantitative estimate of drug-likeness (QED) is 0.762.